The Kier molecular flexibility index (Phi) is 2.94. The number of nitrogens with two attached hydrogens (primary N) is 1. The maximum Gasteiger partial charge on any atom is 0.271 e. The lowest BCUT2D eigenvalue weighted by atomic mass is 9.99. The summed E-state index contributed by atoms with van der Waals surface area (Å²) in [5, 5.41) is 3.66. The van der Waals surface area contributed by atoms with Crippen molar-refractivity contribution in [1.29, 1.82) is 0 Å². The van der Waals surface area contributed by atoms with E-state index in [1.54, 1.807) is 6.07 Å². The normalized spacial score (nSPS) is 11.6. The van der Waals surface area contributed by atoms with E-state index < -0.39 is 5.92 Å². The highest BCUT2D eigenvalue weighted by molar-refractivity contribution is 5.73. The summed E-state index contributed by atoms with van der Waals surface area (Å²) in [5.74, 6) is -2.67. The fraction of sp³-hybridized carbons (Fsp3) is 0.250. The van der Waals surface area contributed by atoms with Crippen LogP contribution >= 0.6 is 0 Å². The molecular formula is C12H12F2N2O2. The summed E-state index contributed by atoms with van der Waals surface area (Å²) in [5.41, 5.74) is 5.64. The number of alkyl halides is 2. The average Bonchev–Trinajstić information content (AvgIpc) is 2.73. The standard InChI is InChI=1S/C12H12F2N2O2/c1-12(13,14)7-4-3-5-9(17-2)11(7)8-6-10(15)18-16-8/h3-6H,15H2,1-2H3. The number of hydrogen-bond acceptors (Lipinski definition) is 4. The predicted octanol–water partition coefficient (Wildman–Crippen LogP) is 3.04. The summed E-state index contributed by atoms with van der Waals surface area (Å²) in [4.78, 5) is 0. The van der Waals surface area contributed by atoms with E-state index in [9.17, 15) is 8.78 Å². The number of hydrogen-bond donors (Lipinski definition) is 1. The summed E-state index contributed by atoms with van der Waals surface area (Å²) < 4.78 is 37.0. The molecule has 0 amide bonds. The second-order valence-corrected chi connectivity index (χ2v) is 3.89. The summed E-state index contributed by atoms with van der Waals surface area (Å²) in [6, 6.07) is 5.78. The van der Waals surface area contributed by atoms with Crippen LogP contribution in [-0.2, 0) is 5.92 Å². The molecule has 1 aromatic carbocycles. The number of anilines is 1. The van der Waals surface area contributed by atoms with E-state index in [2.05, 4.69) is 5.16 Å². The minimum absolute atomic E-state index is 0.0567. The molecule has 0 atom stereocenters. The van der Waals surface area contributed by atoms with Gasteiger partial charge in [-0.1, -0.05) is 17.3 Å². The third kappa shape index (κ3) is 2.13. The Bertz CT molecular complexity index is 561. The van der Waals surface area contributed by atoms with Crippen LogP contribution in [0.25, 0.3) is 11.3 Å². The molecule has 0 aliphatic rings. The minimum Gasteiger partial charge on any atom is -0.496 e. The highest BCUT2D eigenvalue weighted by Crippen LogP contribution is 2.40. The van der Waals surface area contributed by atoms with Crippen molar-refractivity contribution in [3.05, 3.63) is 29.8 Å². The lowest BCUT2D eigenvalue weighted by Gasteiger charge is -2.16. The van der Waals surface area contributed by atoms with Crippen molar-refractivity contribution in [2.24, 2.45) is 0 Å². The molecule has 96 valence electrons. The van der Waals surface area contributed by atoms with Crippen molar-refractivity contribution in [1.82, 2.24) is 5.16 Å². The molecule has 2 rings (SSSR count). The van der Waals surface area contributed by atoms with Gasteiger partial charge in [0.05, 0.1) is 12.7 Å². The number of nitrogen functional groups attached to an aromatic ring is 1. The van der Waals surface area contributed by atoms with Gasteiger partial charge in [-0.05, 0) is 6.07 Å². The van der Waals surface area contributed by atoms with E-state index in [1.165, 1.54) is 25.3 Å². The van der Waals surface area contributed by atoms with E-state index in [-0.39, 0.29) is 22.7 Å². The molecule has 0 spiro atoms. The smallest absolute Gasteiger partial charge is 0.271 e. The Labute approximate surface area is 102 Å². The van der Waals surface area contributed by atoms with Gasteiger partial charge in [0, 0.05) is 18.6 Å². The molecule has 4 nitrogen and oxygen atoms in total. The first-order valence-corrected chi connectivity index (χ1v) is 5.21. The zero-order valence-corrected chi connectivity index (χ0v) is 9.91. The molecule has 6 heteroatoms. The quantitative estimate of drug-likeness (QED) is 0.914. The van der Waals surface area contributed by atoms with E-state index in [1.807, 2.05) is 0 Å². The van der Waals surface area contributed by atoms with Crippen LogP contribution in [0, 0.1) is 0 Å². The zero-order chi connectivity index (χ0) is 13.3. The second-order valence-electron chi connectivity index (χ2n) is 3.89. The van der Waals surface area contributed by atoms with Crippen molar-refractivity contribution in [3.63, 3.8) is 0 Å². The van der Waals surface area contributed by atoms with Gasteiger partial charge in [-0.3, -0.25) is 0 Å². The van der Waals surface area contributed by atoms with Crippen LogP contribution < -0.4 is 10.5 Å². The molecule has 2 aromatic rings. The fourth-order valence-corrected chi connectivity index (χ4v) is 1.74. The Morgan fingerprint density at radius 3 is 2.61 bits per heavy atom. The molecule has 0 radical (unpaired) electrons. The van der Waals surface area contributed by atoms with E-state index >= 15 is 0 Å². The molecule has 0 bridgehead atoms. The predicted molar refractivity (Wildman–Crippen MR) is 62.5 cm³/mol. The van der Waals surface area contributed by atoms with Crippen molar-refractivity contribution in [3.8, 4) is 17.0 Å². The van der Waals surface area contributed by atoms with Gasteiger partial charge >= 0.3 is 0 Å². The number of ether oxygens (including phenoxy) is 1. The fourth-order valence-electron chi connectivity index (χ4n) is 1.74. The Hall–Kier alpha value is -2.11. The number of methoxy groups -OCH3 is 1. The molecule has 0 saturated heterocycles. The van der Waals surface area contributed by atoms with Crippen LogP contribution in [0.3, 0.4) is 0 Å². The molecule has 0 fully saturated rings. The number of halogens is 2. The lowest BCUT2D eigenvalue weighted by Crippen LogP contribution is -2.09. The summed E-state index contributed by atoms with van der Waals surface area (Å²) in [6.45, 7) is 0.814. The van der Waals surface area contributed by atoms with E-state index in [0.717, 1.165) is 6.92 Å². The zero-order valence-electron chi connectivity index (χ0n) is 9.91. The largest absolute Gasteiger partial charge is 0.496 e. The molecule has 18 heavy (non-hydrogen) atoms. The highest BCUT2D eigenvalue weighted by atomic mass is 19.3. The van der Waals surface area contributed by atoms with Gasteiger partial charge in [0.2, 0.25) is 5.88 Å². The second kappa shape index (κ2) is 4.29. The SMILES string of the molecule is COc1cccc(C(C)(F)F)c1-c1cc(N)on1. The third-order valence-electron chi connectivity index (χ3n) is 2.50. The van der Waals surface area contributed by atoms with Crippen molar-refractivity contribution >= 4 is 5.88 Å². The van der Waals surface area contributed by atoms with Crippen LogP contribution in [0.4, 0.5) is 14.7 Å². The summed E-state index contributed by atoms with van der Waals surface area (Å²) in [7, 11) is 1.40. The molecule has 0 aliphatic heterocycles. The minimum atomic E-state index is -3.02. The Morgan fingerprint density at radius 1 is 1.39 bits per heavy atom. The topological polar surface area (TPSA) is 61.3 Å². The van der Waals surface area contributed by atoms with Crippen molar-refractivity contribution in [2.45, 2.75) is 12.8 Å². The van der Waals surface area contributed by atoms with E-state index in [4.69, 9.17) is 15.0 Å². The molecule has 1 heterocycles. The first kappa shape index (κ1) is 12.3. The molecular weight excluding hydrogens is 242 g/mol. The molecule has 0 unspecified atom stereocenters. The van der Waals surface area contributed by atoms with Gasteiger partial charge < -0.3 is 15.0 Å². The molecule has 2 N–H and O–H groups in total. The Balaban J connectivity index is 2.69. The monoisotopic (exact) mass is 254 g/mol. The van der Waals surface area contributed by atoms with Crippen LogP contribution in [0.15, 0.2) is 28.8 Å². The van der Waals surface area contributed by atoms with Gasteiger partial charge in [0.25, 0.3) is 5.92 Å². The maximum absolute atomic E-state index is 13.6. The van der Waals surface area contributed by atoms with Gasteiger partial charge in [-0.25, -0.2) is 8.78 Å². The summed E-state index contributed by atoms with van der Waals surface area (Å²) >= 11 is 0. The highest BCUT2D eigenvalue weighted by Gasteiger charge is 2.31. The van der Waals surface area contributed by atoms with Gasteiger partial charge in [0.1, 0.15) is 11.4 Å². The van der Waals surface area contributed by atoms with Crippen LogP contribution in [0.2, 0.25) is 0 Å². The summed E-state index contributed by atoms with van der Waals surface area (Å²) in [6.07, 6.45) is 0. The van der Waals surface area contributed by atoms with Crippen molar-refractivity contribution < 1.29 is 18.0 Å². The maximum atomic E-state index is 13.6. The van der Waals surface area contributed by atoms with Crippen LogP contribution in [0.5, 0.6) is 5.75 Å². The number of benzene rings is 1. The third-order valence-corrected chi connectivity index (χ3v) is 2.50. The lowest BCUT2D eigenvalue weighted by molar-refractivity contribution is 0.0179. The van der Waals surface area contributed by atoms with Gasteiger partial charge in [-0.2, -0.15) is 0 Å². The van der Waals surface area contributed by atoms with Crippen molar-refractivity contribution in [2.75, 3.05) is 12.8 Å². The van der Waals surface area contributed by atoms with Crippen LogP contribution in [0.1, 0.15) is 12.5 Å². The first-order chi connectivity index (χ1) is 8.43. The van der Waals surface area contributed by atoms with E-state index in [0.29, 0.717) is 5.75 Å². The Morgan fingerprint density at radius 2 is 2.11 bits per heavy atom. The van der Waals surface area contributed by atoms with Gasteiger partial charge in [0.15, 0.2) is 0 Å². The number of nitrogens with zero attached hydrogens (tertiary/aromatic N) is 1. The first-order valence-electron chi connectivity index (χ1n) is 5.21. The van der Waals surface area contributed by atoms with Gasteiger partial charge in [-0.15, -0.1) is 0 Å². The molecule has 1 aromatic heterocycles. The average molecular weight is 254 g/mol. The molecule has 0 saturated carbocycles. The molecule has 0 aliphatic carbocycles. The number of aromatic nitrogens is 1. The number of rotatable bonds is 3. The van der Waals surface area contributed by atoms with Crippen LogP contribution in [-0.4, -0.2) is 12.3 Å².